The Labute approximate surface area is 366 Å². The molecule has 0 radical (unpaired) electrons. The van der Waals surface area contributed by atoms with Crippen molar-refractivity contribution in [2.75, 3.05) is 34.0 Å². The van der Waals surface area contributed by atoms with Crippen LogP contribution in [0.2, 0.25) is 20.1 Å². The van der Waals surface area contributed by atoms with Crippen molar-refractivity contribution in [2.24, 2.45) is 0 Å². The summed E-state index contributed by atoms with van der Waals surface area (Å²) in [5.74, 6) is -3.59. The number of methoxy groups -OCH3 is 2. The quantitative estimate of drug-likeness (QED) is 0.0634. The molecule has 324 valence electrons. The third kappa shape index (κ3) is 15.9. The summed E-state index contributed by atoms with van der Waals surface area (Å²) in [5, 5.41) is 56.6. The molecule has 0 bridgehead atoms. The van der Waals surface area contributed by atoms with E-state index in [2.05, 4.69) is 10.6 Å². The summed E-state index contributed by atoms with van der Waals surface area (Å²) < 4.78 is 14.3. The van der Waals surface area contributed by atoms with E-state index in [0.717, 1.165) is 27.8 Å². The SMILES string of the molecule is CCOC(=O)[C@@H](O)[C@H](O)[C@H](Cc1ccc(-c2cc(Cl)cc(Cl)c2)cc1)NC(=O)COC.COCC(=O)N[C@@H](Cc1ccc(-c2cc(Cl)cc(Cl)c2)cc1)[C@@H](O)[C@H](O)C(=O)O. The molecule has 0 aliphatic heterocycles. The van der Waals surface area contributed by atoms with Crippen molar-refractivity contribution in [1.29, 1.82) is 0 Å². The molecule has 14 nitrogen and oxygen atoms in total. The smallest absolute Gasteiger partial charge is 0.337 e. The molecule has 0 spiro atoms. The van der Waals surface area contributed by atoms with Crippen molar-refractivity contribution in [3.63, 3.8) is 0 Å². The first-order valence-electron chi connectivity index (χ1n) is 18.2. The zero-order valence-electron chi connectivity index (χ0n) is 32.7. The van der Waals surface area contributed by atoms with Crippen molar-refractivity contribution < 1.29 is 58.9 Å². The van der Waals surface area contributed by atoms with Crippen molar-refractivity contribution in [2.45, 2.75) is 56.3 Å². The van der Waals surface area contributed by atoms with Gasteiger partial charge in [0.25, 0.3) is 0 Å². The molecule has 4 rings (SSSR count). The molecule has 4 aromatic carbocycles. The zero-order valence-corrected chi connectivity index (χ0v) is 35.7. The number of carboxylic acids is 1. The Balaban J connectivity index is 0.000000321. The lowest BCUT2D eigenvalue weighted by Crippen LogP contribution is -2.53. The van der Waals surface area contributed by atoms with Gasteiger partial charge in [-0.15, -0.1) is 0 Å². The number of aliphatic carboxylic acids is 1. The van der Waals surface area contributed by atoms with Crippen LogP contribution >= 0.6 is 46.4 Å². The Bertz CT molecular complexity index is 2000. The molecule has 60 heavy (non-hydrogen) atoms. The second-order valence-electron chi connectivity index (χ2n) is 13.3. The Morgan fingerprint density at radius 3 is 1.23 bits per heavy atom. The normalized spacial score (nSPS) is 14.0. The van der Waals surface area contributed by atoms with Crippen LogP contribution in [-0.2, 0) is 46.2 Å². The number of carboxylic acid groups (broad SMARTS) is 1. The minimum Gasteiger partial charge on any atom is -0.479 e. The number of hydrogen-bond acceptors (Lipinski definition) is 11. The van der Waals surface area contributed by atoms with E-state index in [1.165, 1.54) is 14.2 Å². The Morgan fingerprint density at radius 1 is 0.567 bits per heavy atom. The lowest BCUT2D eigenvalue weighted by molar-refractivity contribution is -0.161. The summed E-state index contributed by atoms with van der Waals surface area (Å²) in [5.41, 5.74) is 4.85. The second kappa shape index (κ2) is 24.8. The van der Waals surface area contributed by atoms with E-state index in [0.29, 0.717) is 25.7 Å². The molecule has 2 amide bonds. The number of hydrogen-bond donors (Lipinski definition) is 7. The molecule has 0 fully saturated rings. The molecule has 18 heteroatoms. The number of ether oxygens (including phenoxy) is 3. The minimum absolute atomic E-state index is 0.0539. The number of aliphatic hydroxyl groups excluding tert-OH is 4. The topological polar surface area (TPSA) is 221 Å². The molecular formula is C42H46Cl4N2O12. The Kier molecular flexibility index (Phi) is 20.7. The summed E-state index contributed by atoms with van der Waals surface area (Å²) in [4.78, 5) is 46.7. The number of halogens is 4. The van der Waals surface area contributed by atoms with Crippen LogP contribution in [0.5, 0.6) is 0 Å². The number of amides is 2. The van der Waals surface area contributed by atoms with Crippen molar-refractivity contribution in [3.05, 3.63) is 116 Å². The molecule has 0 aliphatic rings. The maximum absolute atomic E-state index is 12.0. The minimum atomic E-state index is -2.05. The third-order valence-corrected chi connectivity index (χ3v) is 9.58. The summed E-state index contributed by atoms with van der Waals surface area (Å²) in [6.45, 7) is 1.15. The predicted molar refractivity (Wildman–Crippen MR) is 227 cm³/mol. The van der Waals surface area contributed by atoms with E-state index < -0.39 is 60.3 Å². The van der Waals surface area contributed by atoms with Gasteiger partial charge in [-0.2, -0.15) is 0 Å². The summed E-state index contributed by atoms with van der Waals surface area (Å²) in [7, 11) is 2.69. The lowest BCUT2D eigenvalue weighted by Gasteiger charge is -2.27. The number of benzene rings is 4. The molecule has 0 heterocycles. The van der Waals surface area contributed by atoms with E-state index >= 15 is 0 Å². The molecule has 7 N–H and O–H groups in total. The molecule has 4 aromatic rings. The van der Waals surface area contributed by atoms with Gasteiger partial charge in [0.05, 0.1) is 18.7 Å². The van der Waals surface area contributed by atoms with Crippen LogP contribution in [0, 0.1) is 0 Å². The highest BCUT2D eigenvalue weighted by molar-refractivity contribution is 6.35. The van der Waals surface area contributed by atoms with Gasteiger partial charge in [-0.3, -0.25) is 9.59 Å². The largest absolute Gasteiger partial charge is 0.479 e. The number of carbonyl (C=O) groups is 4. The molecule has 0 saturated heterocycles. The fourth-order valence-electron chi connectivity index (χ4n) is 5.84. The van der Waals surface area contributed by atoms with E-state index in [1.54, 1.807) is 55.5 Å². The summed E-state index contributed by atoms with van der Waals surface area (Å²) >= 11 is 24.2. The maximum Gasteiger partial charge on any atom is 0.337 e. The van der Waals surface area contributed by atoms with E-state index in [1.807, 2.05) is 36.4 Å². The molecule has 6 atom stereocenters. The van der Waals surface area contributed by atoms with Crippen molar-refractivity contribution >= 4 is 70.2 Å². The van der Waals surface area contributed by atoms with Gasteiger partial charge in [0.1, 0.15) is 25.4 Å². The molecule has 0 aromatic heterocycles. The molecular weight excluding hydrogens is 866 g/mol. The van der Waals surface area contributed by atoms with Crippen LogP contribution in [0.15, 0.2) is 84.9 Å². The van der Waals surface area contributed by atoms with Gasteiger partial charge in [0, 0.05) is 34.3 Å². The van der Waals surface area contributed by atoms with Crippen LogP contribution in [-0.4, -0.2) is 120 Å². The maximum atomic E-state index is 12.0. The van der Waals surface area contributed by atoms with Gasteiger partial charge in [0.15, 0.2) is 12.2 Å². The highest BCUT2D eigenvalue weighted by Crippen LogP contribution is 2.29. The summed E-state index contributed by atoms with van der Waals surface area (Å²) in [6, 6.07) is 22.9. The number of esters is 1. The average Bonchev–Trinajstić information content (AvgIpc) is 3.19. The van der Waals surface area contributed by atoms with Crippen molar-refractivity contribution in [1.82, 2.24) is 10.6 Å². The Hall–Kier alpha value is -4.32. The van der Waals surface area contributed by atoms with Crippen LogP contribution < -0.4 is 10.6 Å². The fraction of sp³-hybridized carbons (Fsp3) is 0.333. The third-order valence-electron chi connectivity index (χ3n) is 8.71. The molecule has 0 unspecified atom stereocenters. The standard InChI is InChI=1S/C22H25Cl2NO6.C20H21Cl2NO6/c1-3-31-22(29)21(28)20(27)18(25-19(26)12-30-2)8-13-4-6-14(7-5-13)15-9-16(23)11-17(24)10-15;1-29-10-17(24)23-16(18(25)19(26)20(27)28)6-11-2-4-12(5-3-11)13-7-14(21)9-15(22)8-13/h4-7,9-11,18,20-21,27-28H,3,8,12H2,1-2H3,(H,25,26);2-5,7-9,16,18-19,25-26H,6,10H2,1H3,(H,23,24)(H,27,28)/t18-,20+,21-;16-,18+,19-/m00/s1. The first-order valence-corrected chi connectivity index (χ1v) is 19.8. The van der Waals surface area contributed by atoms with Gasteiger partial charge in [0.2, 0.25) is 11.8 Å². The second-order valence-corrected chi connectivity index (χ2v) is 15.0. The fourth-order valence-corrected chi connectivity index (χ4v) is 6.89. The molecule has 0 aliphatic carbocycles. The van der Waals surface area contributed by atoms with Crippen LogP contribution in [0.25, 0.3) is 22.3 Å². The molecule has 0 saturated carbocycles. The van der Waals surface area contributed by atoms with Gasteiger partial charge in [-0.1, -0.05) is 94.9 Å². The first kappa shape index (κ1) is 50.0. The summed E-state index contributed by atoms with van der Waals surface area (Å²) in [6.07, 6.45) is -6.89. The van der Waals surface area contributed by atoms with E-state index in [-0.39, 0.29) is 32.7 Å². The lowest BCUT2D eigenvalue weighted by atomic mass is 9.96. The van der Waals surface area contributed by atoms with Crippen LogP contribution in [0.1, 0.15) is 18.1 Å². The predicted octanol–water partition coefficient (Wildman–Crippen LogP) is 4.76. The first-order chi connectivity index (χ1) is 28.4. The van der Waals surface area contributed by atoms with Gasteiger partial charge >= 0.3 is 11.9 Å². The number of carbonyl (C=O) groups excluding carboxylic acids is 3. The number of aliphatic hydroxyl groups is 4. The van der Waals surface area contributed by atoms with Gasteiger partial charge < -0.3 is 50.4 Å². The van der Waals surface area contributed by atoms with E-state index in [9.17, 15) is 39.6 Å². The highest BCUT2D eigenvalue weighted by Gasteiger charge is 2.34. The average molecular weight is 913 g/mol. The Morgan fingerprint density at radius 2 is 0.917 bits per heavy atom. The van der Waals surface area contributed by atoms with Crippen LogP contribution in [0.3, 0.4) is 0 Å². The monoisotopic (exact) mass is 910 g/mol. The van der Waals surface area contributed by atoms with E-state index in [4.69, 9.17) is 65.7 Å². The van der Waals surface area contributed by atoms with Gasteiger partial charge in [-0.05, 0) is 89.5 Å². The number of nitrogens with one attached hydrogen (secondary N) is 2. The van der Waals surface area contributed by atoms with Crippen molar-refractivity contribution in [3.8, 4) is 22.3 Å². The van der Waals surface area contributed by atoms with Gasteiger partial charge in [-0.25, -0.2) is 9.59 Å². The highest BCUT2D eigenvalue weighted by atomic mass is 35.5. The zero-order chi connectivity index (χ0) is 44.5. The van der Waals surface area contributed by atoms with Crippen LogP contribution in [0.4, 0.5) is 0 Å². The number of rotatable bonds is 19.